The molecule has 0 aromatic heterocycles. The molecule has 0 aliphatic rings. The Kier molecular flexibility index (Phi) is 4.94. The zero-order chi connectivity index (χ0) is 12.7. The molecule has 1 rings (SSSR count). The average molecular weight is 232 g/mol. The number of hydrogen-bond acceptors (Lipinski definition) is 3. The highest BCUT2D eigenvalue weighted by molar-refractivity contribution is 5.88. The molecule has 17 heavy (non-hydrogen) atoms. The van der Waals surface area contributed by atoms with Crippen LogP contribution < -0.4 is 5.73 Å². The fourth-order valence-corrected chi connectivity index (χ4v) is 0.962. The molecule has 90 valence electrons. The van der Waals surface area contributed by atoms with Crippen LogP contribution in [-0.2, 0) is 9.63 Å². The Morgan fingerprint density at radius 3 is 2.59 bits per heavy atom. The third-order valence-electron chi connectivity index (χ3n) is 2.04. The van der Waals surface area contributed by atoms with Crippen LogP contribution in [0.1, 0.15) is 19.4 Å². The van der Waals surface area contributed by atoms with Gasteiger partial charge in [-0.2, -0.15) is 0 Å². The fraction of sp³-hybridized carbons (Fsp3) is 0.231. The molecule has 4 heteroatoms. The Labute approximate surface area is 101 Å². The summed E-state index contributed by atoms with van der Waals surface area (Å²) in [5, 5.41) is 3.53. The summed E-state index contributed by atoms with van der Waals surface area (Å²) >= 11 is 0. The molecular weight excluding hydrogens is 216 g/mol. The Hall–Kier alpha value is -2.10. The second-order valence-corrected chi connectivity index (χ2v) is 3.83. The van der Waals surface area contributed by atoms with Crippen molar-refractivity contribution in [3.8, 4) is 0 Å². The van der Waals surface area contributed by atoms with Crippen LogP contribution in [0.4, 0.5) is 0 Å². The lowest BCUT2D eigenvalue weighted by Crippen LogP contribution is -2.19. The van der Waals surface area contributed by atoms with Crippen molar-refractivity contribution < 1.29 is 9.63 Å². The predicted molar refractivity (Wildman–Crippen MR) is 68.0 cm³/mol. The molecule has 0 saturated carbocycles. The highest BCUT2D eigenvalue weighted by Gasteiger charge is 2.01. The highest BCUT2D eigenvalue weighted by atomic mass is 16.7. The molecule has 0 aliphatic carbocycles. The number of nitrogens with zero attached hydrogens (tertiary/aromatic N) is 1. The van der Waals surface area contributed by atoms with Crippen molar-refractivity contribution >= 4 is 17.9 Å². The minimum atomic E-state index is -0.544. The van der Waals surface area contributed by atoms with E-state index >= 15 is 0 Å². The standard InChI is InChI=1S/C13H16N2O2/c1-10(2)13(14)15-17-12(16)9-8-11-6-4-3-5-7-11/h3-10H,1-2H3,(H2,14,15)/b9-8+. The van der Waals surface area contributed by atoms with Crippen molar-refractivity contribution in [2.45, 2.75) is 13.8 Å². The highest BCUT2D eigenvalue weighted by Crippen LogP contribution is 2.01. The first-order valence-electron chi connectivity index (χ1n) is 5.37. The van der Waals surface area contributed by atoms with Gasteiger partial charge in [-0.3, -0.25) is 0 Å². The summed E-state index contributed by atoms with van der Waals surface area (Å²) in [6, 6.07) is 9.45. The zero-order valence-electron chi connectivity index (χ0n) is 9.96. The lowest BCUT2D eigenvalue weighted by molar-refractivity contribution is -0.137. The van der Waals surface area contributed by atoms with Crippen molar-refractivity contribution in [3.05, 3.63) is 42.0 Å². The number of carbonyl (C=O) groups excluding carboxylic acids is 1. The van der Waals surface area contributed by atoms with Crippen LogP contribution in [0, 0.1) is 5.92 Å². The molecule has 0 amide bonds. The Morgan fingerprint density at radius 2 is 2.00 bits per heavy atom. The van der Waals surface area contributed by atoms with Gasteiger partial charge in [-0.25, -0.2) is 4.79 Å². The molecule has 4 nitrogen and oxygen atoms in total. The molecule has 0 radical (unpaired) electrons. The third-order valence-corrected chi connectivity index (χ3v) is 2.04. The van der Waals surface area contributed by atoms with E-state index in [0.29, 0.717) is 5.84 Å². The number of oxime groups is 1. The van der Waals surface area contributed by atoms with Crippen LogP contribution in [0.3, 0.4) is 0 Å². The van der Waals surface area contributed by atoms with Gasteiger partial charge < -0.3 is 10.6 Å². The molecule has 0 atom stereocenters. The van der Waals surface area contributed by atoms with Gasteiger partial charge in [0.05, 0.1) is 0 Å². The summed E-state index contributed by atoms with van der Waals surface area (Å²) < 4.78 is 0. The summed E-state index contributed by atoms with van der Waals surface area (Å²) in [5.74, 6) is -0.190. The lowest BCUT2D eigenvalue weighted by atomic mass is 10.2. The Morgan fingerprint density at radius 1 is 1.35 bits per heavy atom. The molecule has 2 N–H and O–H groups in total. The van der Waals surface area contributed by atoms with E-state index in [9.17, 15) is 4.79 Å². The second-order valence-electron chi connectivity index (χ2n) is 3.83. The van der Waals surface area contributed by atoms with Crippen molar-refractivity contribution in [3.63, 3.8) is 0 Å². The topological polar surface area (TPSA) is 64.7 Å². The largest absolute Gasteiger partial charge is 0.384 e. The molecule has 0 heterocycles. The summed E-state index contributed by atoms with van der Waals surface area (Å²) in [6.45, 7) is 3.74. The van der Waals surface area contributed by atoms with Crippen LogP contribution in [0.2, 0.25) is 0 Å². The normalized spacial score (nSPS) is 12.1. The number of rotatable bonds is 4. The summed E-state index contributed by atoms with van der Waals surface area (Å²) in [4.78, 5) is 15.9. The summed E-state index contributed by atoms with van der Waals surface area (Å²) in [6.07, 6.45) is 2.97. The van der Waals surface area contributed by atoms with Crippen molar-refractivity contribution in [2.24, 2.45) is 16.8 Å². The van der Waals surface area contributed by atoms with Crippen LogP contribution in [0.25, 0.3) is 6.08 Å². The van der Waals surface area contributed by atoms with Gasteiger partial charge >= 0.3 is 5.97 Å². The van der Waals surface area contributed by atoms with E-state index in [1.807, 2.05) is 44.2 Å². The summed E-state index contributed by atoms with van der Waals surface area (Å²) in [7, 11) is 0. The fourth-order valence-electron chi connectivity index (χ4n) is 0.962. The first kappa shape index (κ1) is 13.0. The quantitative estimate of drug-likeness (QED) is 0.284. The average Bonchev–Trinajstić information content (AvgIpc) is 2.34. The Bertz CT molecular complexity index is 422. The molecule has 0 saturated heterocycles. The number of amidine groups is 1. The zero-order valence-corrected chi connectivity index (χ0v) is 9.96. The minimum absolute atomic E-state index is 0.0564. The smallest absolute Gasteiger partial charge is 0.358 e. The molecule has 1 aromatic rings. The molecule has 0 bridgehead atoms. The van der Waals surface area contributed by atoms with E-state index in [0.717, 1.165) is 5.56 Å². The maximum atomic E-state index is 11.3. The van der Waals surface area contributed by atoms with Crippen LogP contribution in [0.15, 0.2) is 41.6 Å². The van der Waals surface area contributed by atoms with Crippen LogP contribution in [0.5, 0.6) is 0 Å². The van der Waals surface area contributed by atoms with Gasteiger partial charge in [-0.1, -0.05) is 49.3 Å². The van der Waals surface area contributed by atoms with Gasteiger partial charge in [0.15, 0.2) is 0 Å². The second kappa shape index (κ2) is 6.48. The van der Waals surface area contributed by atoms with E-state index < -0.39 is 5.97 Å². The van der Waals surface area contributed by atoms with Crippen LogP contribution >= 0.6 is 0 Å². The molecule has 0 unspecified atom stereocenters. The van der Waals surface area contributed by atoms with E-state index in [1.165, 1.54) is 6.08 Å². The van der Waals surface area contributed by atoms with E-state index in [2.05, 4.69) is 9.99 Å². The third kappa shape index (κ3) is 4.97. The van der Waals surface area contributed by atoms with Crippen molar-refractivity contribution in [2.75, 3.05) is 0 Å². The number of nitrogens with two attached hydrogens (primary N) is 1. The van der Waals surface area contributed by atoms with Gasteiger partial charge in [0.2, 0.25) is 0 Å². The van der Waals surface area contributed by atoms with Gasteiger partial charge in [0.25, 0.3) is 0 Å². The molecule has 1 aromatic carbocycles. The molecule has 0 spiro atoms. The summed E-state index contributed by atoms with van der Waals surface area (Å²) in [5.41, 5.74) is 6.44. The lowest BCUT2D eigenvalue weighted by Gasteiger charge is -2.01. The van der Waals surface area contributed by atoms with Crippen molar-refractivity contribution in [1.29, 1.82) is 0 Å². The van der Waals surface area contributed by atoms with Gasteiger partial charge in [-0.15, -0.1) is 0 Å². The maximum absolute atomic E-state index is 11.3. The van der Waals surface area contributed by atoms with Crippen molar-refractivity contribution in [1.82, 2.24) is 0 Å². The molecule has 0 fully saturated rings. The minimum Gasteiger partial charge on any atom is -0.384 e. The predicted octanol–water partition coefficient (Wildman–Crippen LogP) is 2.17. The number of hydrogen-bond donors (Lipinski definition) is 1. The van der Waals surface area contributed by atoms with Gasteiger partial charge in [0.1, 0.15) is 5.84 Å². The van der Waals surface area contributed by atoms with E-state index in [1.54, 1.807) is 6.08 Å². The van der Waals surface area contributed by atoms with Crippen LogP contribution in [-0.4, -0.2) is 11.8 Å². The number of carbonyl (C=O) groups is 1. The first-order valence-corrected chi connectivity index (χ1v) is 5.37. The number of benzene rings is 1. The van der Waals surface area contributed by atoms with Gasteiger partial charge in [0, 0.05) is 12.0 Å². The Balaban J connectivity index is 2.51. The SMILES string of the molecule is CC(C)/C(N)=N/OC(=O)/C=C/c1ccccc1. The van der Waals surface area contributed by atoms with E-state index in [4.69, 9.17) is 5.73 Å². The first-order chi connectivity index (χ1) is 8.09. The monoisotopic (exact) mass is 232 g/mol. The van der Waals surface area contributed by atoms with Gasteiger partial charge in [-0.05, 0) is 11.6 Å². The van der Waals surface area contributed by atoms with E-state index in [-0.39, 0.29) is 5.92 Å². The maximum Gasteiger partial charge on any atom is 0.358 e. The molecular formula is C13H16N2O2. The molecule has 0 aliphatic heterocycles.